The van der Waals surface area contributed by atoms with Crippen LogP contribution in [0.1, 0.15) is 24.3 Å². The normalized spacial score (nSPS) is 17.1. The molecule has 0 unspecified atom stereocenters. The Kier molecular flexibility index (Phi) is 4.70. The highest BCUT2D eigenvalue weighted by Gasteiger charge is 2.35. The van der Waals surface area contributed by atoms with Gasteiger partial charge >= 0.3 is 0 Å². The van der Waals surface area contributed by atoms with Gasteiger partial charge in [0.1, 0.15) is 10.6 Å². The molecule has 0 aliphatic carbocycles. The molecule has 24 heavy (non-hydrogen) atoms. The first-order chi connectivity index (χ1) is 11.4. The minimum atomic E-state index is -3.64. The van der Waals surface area contributed by atoms with Gasteiger partial charge in [0.25, 0.3) is 0 Å². The number of rotatable bonds is 4. The van der Waals surface area contributed by atoms with Gasteiger partial charge in [-0.05, 0) is 26.7 Å². The number of aryl methyl sites for hydroxylation is 2. The molecule has 0 spiro atoms. The number of anilines is 1. The van der Waals surface area contributed by atoms with E-state index >= 15 is 0 Å². The van der Waals surface area contributed by atoms with E-state index in [0.29, 0.717) is 36.8 Å². The number of thiazole rings is 1. The fraction of sp³-hybridized carbons (Fsp3) is 0.500. The Morgan fingerprint density at radius 3 is 2.62 bits per heavy atom. The van der Waals surface area contributed by atoms with E-state index in [2.05, 4.69) is 15.5 Å². The molecular weight excluding hydrogens is 352 g/mol. The van der Waals surface area contributed by atoms with Crippen molar-refractivity contribution < 1.29 is 17.7 Å². The first kappa shape index (κ1) is 17.1. The Hall–Kier alpha value is -1.78. The zero-order valence-electron chi connectivity index (χ0n) is 13.4. The Balaban J connectivity index is 1.65. The van der Waals surface area contributed by atoms with Crippen LogP contribution in [0.15, 0.2) is 21.0 Å². The van der Waals surface area contributed by atoms with Gasteiger partial charge in [0.15, 0.2) is 10.9 Å². The molecule has 0 aromatic carbocycles. The standard InChI is InChI=1S/C14H18N4O4S2/c1-9-12(10(2)22-17-9)24(20,21)18-6-3-11(4-7-18)13(19)16-14-15-5-8-23-14/h5,8,11H,3-4,6-7H2,1-2H3,(H,15,16,19). The zero-order chi connectivity index (χ0) is 17.3. The van der Waals surface area contributed by atoms with Crippen LogP contribution in [0.25, 0.3) is 0 Å². The molecule has 0 radical (unpaired) electrons. The van der Waals surface area contributed by atoms with Crippen LogP contribution in [-0.4, -0.2) is 41.9 Å². The lowest BCUT2D eigenvalue weighted by Gasteiger charge is -2.30. The molecule has 10 heteroatoms. The second kappa shape index (κ2) is 6.61. The summed E-state index contributed by atoms with van der Waals surface area (Å²) in [6.45, 7) is 3.78. The maximum absolute atomic E-state index is 12.7. The van der Waals surface area contributed by atoms with Gasteiger partial charge in [-0.15, -0.1) is 11.3 Å². The van der Waals surface area contributed by atoms with E-state index in [-0.39, 0.29) is 22.5 Å². The lowest BCUT2D eigenvalue weighted by atomic mass is 9.97. The number of nitrogens with one attached hydrogen (secondary N) is 1. The van der Waals surface area contributed by atoms with Crippen LogP contribution in [0.5, 0.6) is 0 Å². The quantitative estimate of drug-likeness (QED) is 0.879. The van der Waals surface area contributed by atoms with Gasteiger partial charge in [0, 0.05) is 30.6 Å². The zero-order valence-corrected chi connectivity index (χ0v) is 15.0. The van der Waals surface area contributed by atoms with E-state index in [1.807, 2.05) is 0 Å². The molecule has 0 bridgehead atoms. The predicted octanol–water partition coefficient (Wildman–Crippen LogP) is 1.79. The second-order valence-corrected chi connectivity index (χ2v) is 8.43. The van der Waals surface area contributed by atoms with Crippen LogP contribution in [-0.2, 0) is 14.8 Å². The van der Waals surface area contributed by atoms with Gasteiger partial charge in [-0.2, -0.15) is 4.31 Å². The summed E-state index contributed by atoms with van der Waals surface area (Å²) >= 11 is 1.35. The average Bonchev–Trinajstić information content (AvgIpc) is 3.17. The molecule has 1 aliphatic rings. The molecule has 130 valence electrons. The highest BCUT2D eigenvalue weighted by molar-refractivity contribution is 7.89. The monoisotopic (exact) mass is 370 g/mol. The summed E-state index contributed by atoms with van der Waals surface area (Å²) < 4.78 is 31.8. The van der Waals surface area contributed by atoms with E-state index in [9.17, 15) is 13.2 Å². The minimum absolute atomic E-state index is 0.112. The second-order valence-electron chi connectivity index (χ2n) is 5.66. The summed E-state index contributed by atoms with van der Waals surface area (Å²) in [7, 11) is -3.64. The summed E-state index contributed by atoms with van der Waals surface area (Å²) in [6.07, 6.45) is 2.57. The van der Waals surface area contributed by atoms with Crippen molar-refractivity contribution in [1.82, 2.24) is 14.4 Å². The Labute approximate surface area is 143 Å². The number of nitrogens with zero attached hydrogens (tertiary/aromatic N) is 3. The fourth-order valence-electron chi connectivity index (χ4n) is 2.82. The predicted molar refractivity (Wildman–Crippen MR) is 88.2 cm³/mol. The first-order valence-corrected chi connectivity index (χ1v) is 9.85. The molecule has 1 amide bonds. The molecule has 2 aromatic rings. The Bertz CT molecular complexity index is 802. The van der Waals surface area contributed by atoms with Crippen molar-refractivity contribution in [2.75, 3.05) is 18.4 Å². The van der Waals surface area contributed by atoms with Crippen molar-refractivity contribution in [3.8, 4) is 0 Å². The van der Waals surface area contributed by atoms with Crippen molar-refractivity contribution in [2.24, 2.45) is 5.92 Å². The van der Waals surface area contributed by atoms with Crippen molar-refractivity contribution in [1.29, 1.82) is 0 Å². The van der Waals surface area contributed by atoms with Gasteiger partial charge in [0.05, 0.1) is 0 Å². The molecule has 1 fully saturated rings. The Morgan fingerprint density at radius 1 is 1.38 bits per heavy atom. The largest absolute Gasteiger partial charge is 0.360 e. The molecule has 1 aliphatic heterocycles. The summed E-state index contributed by atoms with van der Waals surface area (Å²) in [5.74, 6) is -0.0412. The van der Waals surface area contributed by atoms with E-state index in [4.69, 9.17) is 4.52 Å². The van der Waals surface area contributed by atoms with Crippen LogP contribution >= 0.6 is 11.3 Å². The van der Waals surface area contributed by atoms with Crippen LogP contribution < -0.4 is 5.32 Å². The lowest BCUT2D eigenvalue weighted by molar-refractivity contribution is -0.120. The van der Waals surface area contributed by atoms with Crippen LogP contribution in [0, 0.1) is 19.8 Å². The third kappa shape index (κ3) is 3.21. The smallest absolute Gasteiger partial charge is 0.248 e. The summed E-state index contributed by atoms with van der Waals surface area (Å²) in [6, 6.07) is 0. The van der Waals surface area contributed by atoms with Crippen LogP contribution in [0.3, 0.4) is 0 Å². The molecule has 1 saturated heterocycles. The van der Waals surface area contributed by atoms with Crippen LogP contribution in [0.4, 0.5) is 5.13 Å². The molecule has 1 N–H and O–H groups in total. The number of aromatic nitrogens is 2. The molecule has 2 aromatic heterocycles. The maximum atomic E-state index is 12.7. The number of piperidine rings is 1. The first-order valence-electron chi connectivity index (χ1n) is 7.53. The summed E-state index contributed by atoms with van der Waals surface area (Å²) in [5.41, 5.74) is 0.358. The summed E-state index contributed by atoms with van der Waals surface area (Å²) in [4.78, 5) is 16.4. The number of sulfonamides is 1. The van der Waals surface area contributed by atoms with Crippen molar-refractivity contribution in [2.45, 2.75) is 31.6 Å². The SMILES string of the molecule is Cc1noc(C)c1S(=O)(=O)N1CCC(C(=O)Nc2nccs2)CC1. The molecule has 0 atom stereocenters. The van der Waals surface area contributed by atoms with E-state index in [0.717, 1.165) is 0 Å². The highest BCUT2D eigenvalue weighted by atomic mass is 32.2. The van der Waals surface area contributed by atoms with Gasteiger partial charge in [-0.1, -0.05) is 5.16 Å². The molecule has 8 nitrogen and oxygen atoms in total. The number of amides is 1. The third-order valence-electron chi connectivity index (χ3n) is 4.05. The van der Waals surface area contributed by atoms with Gasteiger partial charge < -0.3 is 9.84 Å². The third-order valence-corrected chi connectivity index (χ3v) is 6.89. The van der Waals surface area contributed by atoms with E-state index < -0.39 is 10.0 Å². The number of hydrogen-bond donors (Lipinski definition) is 1. The summed E-state index contributed by atoms with van der Waals surface area (Å²) in [5, 5.41) is 8.82. The molecular formula is C14H18N4O4S2. The number of hydrogen-bond acceptors (Lipinski definition) is 7. The maximum Gasteiger partial charge on any atom is 0.248 e. The van der Waals surface area contributed by atoms with Gasteiger partial charge in [-0.25, -0.2) is 13.4 Å². The van der Waals surface area contributed by atoms with Crippen molar-refractivity contribution in [3.63, 3.8) is 0 Å². The van der Waals surface area contributed by atoms with E-state index in [1.165, 1.54) is 15.6 Å². The molecule has 0 saturated carbocycles. The van der Waals surface area contributed by atoms with E-state index in [1.54, 1.807) is 25.4 Å². The molecule has 3 rings (SSSR count). The van der Waals surface area contributed by atoms with Crippen LogP contribution in [0.2, 0.25) is 0 Å². The Morgan fingerprint density at radius 2 is 2.08 bits per heavy atom. The van der Waals surface area contributed by atoms with Crippen molar-refractivity contribution in [3.05, 3.63) is 23.0 Å². The van der Waals surface area contributed by atoms with Gasteiger partial charge in [-0.3, -0.25) is 4.79 Å². The highest BCUT2D eigenvalue weighted by Crippen LogP contribution is 2.28. The van der Waals surface area contributed by atoms with Gasteiger partial charge in [0.2, 0.25) is 15.9 Å². The fourth-order valence-corrected chi connectivity index (χ4v) is 5.12. The lowest BCUT2D eigenvalue weighted by Crippen LogP contribution is -2.41. The average molecular weight is 370 g/mol. The minimum Gasteiger partial charge on any atom is -0.360 e. The van der Waals surface area contributed by atoms with Crippen molar-refractivity contribution >= 4 is 32.4 Å². The molecule has 3 heterocycles. The number of carbonyl (C=O) groups is 1. The number of carbonyl (C=O) groups excluding carboxylic acids is 1. The topological polar surface area (TPSA) is 105 Å².